The van der Waals surface area contributed by atoms with E-state index in [1.54, 1.807) is 22.6 Å². The maximum atomic E-state index is 13.5. The molecule has 1 amide bonds. The molecule has 11 nitrogen and oxygen atoms in total. The predicted molar refractivity (Wildman–Crippen MR) is 178 cm³/mol. The molecule has 1 saturated heterocycles. The van der Waals surface area contributed by atoms with Crippen LogP contribution < -0.4 is 10.1 Å². The lowest BCUT2D eigenvalue weighted by molar-refractivity contribution is -0.121. The molecule has 0 radical (unpaired) electrons. The molecule has 3 atom stereocenters. The number of nitrogens with zero attached hydrogens (tertiary/aromatic N) is 5. The van der Waals surface area contributed by atoms with Crippen LogP contribution in [0.15, 0.2) is 53.6 Å². The summed E-state index contributed by atoms with van der Waals surface area (Å²) in [6, 6.07) is 13.7. The molecule has 3 N–H and O–H groups in total. The fourth-order valence-electron chi connectivity index (χ4n) is 6.44. The highest BCUT2D eigenvalue weighted by molar-refractivity contribution is 8.22. The zero-order chi connectivity index (χ0) is 32.4. The fraction of sp³-hybridized carbons (Fsp3) is 0.471. The van der Waals surface area contributed by atoms with Gasteiger partial charge in [-0.2, -0.15) is 4.31 Å². The first kappa shape index (κ1) is 32.4. The van der Waals surface area contributed by atoms with Gasteiger partial charge in [-0.05, 0) is 79.6 Å². The Morgan fingerprint density at radius 1 is 1.17 bits per heavy atom. The second kappa shape index (κ2) is 13.7. The lowest BCUT2D eigenvalue weighted by Gasteiger charge is -2.41. The first-order valence-electron chi connectivity index (χ1n) is 16.1. The number of aryl methyl sites for hydroxylation is 3. The maximum Gasteiger partial charge on any atom is 0.239 e. The predicted octanol–water partition coefficient (Wildman–Crippen LogP) is 5.84. The molecule has 1 unspecified atom stereocenters. The first-order valence-corrected chi connectivity index (χ1v) is 17.6. The smallest absolute Gasteiger partial charge is 0.239 e. The van der Waals surface area contributed by atoms with Crippen LogP contribution in [0.5, 0.6) is 5.88 Å². The van der Waals surface area contributed by atoms with E-state index in [4.69, 9.17) is 9.47 Å². The number of pyridine rings is 1. The SMILES string of the molecule is CC[C@@H]1CN(Cc2cc([C@H](CC(=O)NCC3CCOC3)c3ccc4c(nnn4CC)c3C)ccc2C)S(O)(O)c2cccnc2O1. The maximum absolute atomic E-state index is 13.5. The molecule has 2 aliphatic rings. The van der Waals surface area contributed by atoms with E-state index < -0.39 is 10.8 Å². The van der Waals surface area contributed by atoms with E-state index in [-0.39, 0.29) is 30.2 Å². The summed E-state index contributed by atoms with van der Waals surface area (Å²) in [4.78, 5) is 18.1. The molecule has 6 rings (SSSR count). The van der Waals surface area contributed by atoms with E-state index in [1.807, 2.05) is 38.4 Å². The molecule has 12 heteroatoms. The number of rotatable bonds is 10. The van der Waals surface area contributed by atoms with E-state index in [0.29, 0.717) is 50.0 Å². The molecule has 4 heterocycles. The van der Waals surface area contributed by atoms with Crippen LogP contribution in [0.3, 0.4) is 0 Å². The van der Waals surface area contributed by atoms with Gasteiger partial charge in [0, 0.05) is 50.7 Å². The van der Waals surface area contributed by atoms with Gasteiger partial charge in [-0.1, -0.05) is 36.4 Å². The normalized spacial score (nSPS) is 20.9. The van der Waals surface area contributed by atoms with E-state index >= 15 is 0 Å². The summed E-state index contributed by atoms with van der Waals surface area (Å²) in [5, 5.41) is 12.0. The van der Waals surface area contributed by atoms with Gasteiger partial charge in [-0.25, -0.2) is 9.67 Å². The number of hydrogen-bond donors (Lipinski definition) is 3. The van der Waals surface area contributed by atoms with Crippen LogP contribution in [0.4, 0.5) is 0 Å². The Hall–Kier alpha value is -3.55. The Balaban J connectivity index is 1.35. The van der Waals surface area contributed by atoms with Crippen molar-refractivity contribution in [2.75, 3.05) is 26.3 Å². The Bertz CT molecular complexity index is 1700. The second-order valence-corrected chi connectivity index (χ2v) is 14.3. The van der Waals surface area contributed by atoms with Gasteiger partial charge >= 0.3 is 0 Å². The van der Waals surface area contributed by atoms with Crippen molar-refractivity contribution in [3.63, 3.8) is 0 Å². The van der Waals surface area contributed by atoms with Gasteiger partial charge < -0.3 is 14.8 Å². The van der Waals surface area contributed by atoms with Crippen LogP contribution in [0, 0.1) is 19.8 Å². The van der Waals surface area contributed by atoms with Crippen LogP contribution in [0.1, 0.15) is 66.8 Å². The standard InChI is InChI=1S/C34H44N6O5S/c1-5-27-20-39(46(42,43)31-8-7-14-35-34(31)45-27)19-26-16-25(10-9-22(26)3)29(17-32(41)36-18-24-13-15-44-21-24)28-11-12-30-33(23(28)4)37-38-40(30)6-2/h7-12,14,16,24,27,29,42-43H,5-6,13,15,17-21H2,1-4H3,(H,36,41)/t24?,27-,29+/m1/s1. The van der Waals surface area contributed by atoms with Gasteiger partial charge in [0.2, 0.25) is 11.8 Å². The van der Waals surface area contributed by atoms with Crippen molar-refractivity contribution in [3.8, 4) is 5.88 Å². The van der Waals surface area contributed by atoms with Crippen molar-refractivity contribution in [2.45, 2.75) is 77.0 Å². The van der Waals surface area contributed by atoms with E-state index in [1.165, 1.54) is 0 Å². The van der Waals surface area contributed by atoms with Gasteiger partial charge in [0.25, 0.3) is 0 Å². The minimum absolute atomic E-state index is 0.0236. The van der Waals surface area contributed by atoms with Crippen LogP contribution in [0.2, 0.25) is 0 Å². The number of benzene rings is 2. The number of fused-ring (bicyclic) bond motifs is 2. The molecule has 246 valence electrons. The van der Waals surface area contributed by atoms with E-state index in [2.05, 4.69) is 44.9 Å². The summed E-state index contributed by atoms with van der Waals surface area (Å²) in [6.45, 7) is 11.5. The van der Waals surface area contributed by atoms with Gasteiger partial charge in [-0.15, -0.1) is 15.9 Å². The Morgan fingerprint density at radius 3 is 2.78 bits per heavy atom. The van der Waals surface area contributed by atoms with Gasteiger partial charge in [0.15, 0.2) is 0 Å². The van der Waals surface area contributed by atoms with Crippen molar-refractivity contribution in [1.29, 1.82) is 0 Å². The van der Waals surface area contributed by atoms with Gasteiger partial charge in [0.05, 0.1) is 18.7 Å². The largest absolute Gasteiger partial charge is 0.472 e. The minimum atomic E-state index is -3.37. The van der Waals surface area contributed by atoms with Crippen LogP contribution >= 0.6 is 10.8 Å². The van der Waals surface area contributed by atoms with Crippen molar-refractivity contribution >= 4 is 27.7 Å². The summed E-state index contributed by atoms with van der Waals surface area (Å²) in [5.74, 6) is 0.324. The molecule has 1 fully saturated rings. The number of carbonyl (C=O) groups is 1. The van der Waals surface area contributed by atoms with E-state index in [0.717, 1.165) is 51.9 Å². The molecule has 0 bridgehead atoms. The number of amides is 1. The van der Waals surface area contributed by atoms with Crippen LogP contribution in [0.25, 0.3) is 11.0 Å². The highest BCUT2D eigenvalue weighted by Crippen LogP contribution is 2.57. The number of hydrogen-bond acceptors (Lipinski definition) is 9. The monoisotopic (exact) mass is 648 g/mol. The van der Waals surface area contributed by atoms with Crippen molar-refractivity contribution in [1.82, 2.24) is 29.6 Å². The average Bonchev–Trinajstić information content (AvgIpc) is 3.72. The fourth-order valence-corrected chi connectivity index (χ4v) is 8.00. The molecular formula is C34H44N6O5S. The van der Waals surface area contributed by atoms with Crippen LogP contribution in [-0.2, 0) is 22.6 Å². The zero-order valence-corrected chi connectivity index (χ0v) is 27.8. The molecular weight excluding hydrogens is 604 g/mol. The number of carbonyl (C=O) groups excluding carboxylic acids is 1. The minimum Gasteiger partial charge on any atom is -0.472 e. The summed E-state index contributed by atoms with van der Waals surface area (Å²) < 4.78 is 38.4. The third-order valence-electron chi connectivity index (χ3n) is 9.31. The number of nitrogens with one attached hydrogen (secondary N) is 1. The second-order valence-electron chi connectivity index (χ2n) is 12.3. The zero-order valence-electron chi connectivity index (χ0n) is 27.0. The molecule has 2 aromatic carbocycles. The summed E-state index contributed by atoms with van der Waals surface area (Å²) >= 11 is 0. The first-order chi connectivity index (χ1) is 22.2. The quantitative estimate of drug-likeness (QED) is 0.194. The van der Waals surface area contributed by atoms with E-state index in [9.17, 15) is 13.9 Å². The van der Waals surface area contributed by atoms with Gasteiger partial charge in [0.1, 0.15) is 16.5 Å². The Labute approximate surface area is 271 Å². The van der Waals surface area contributed by atoms with Gasteiger partial charge in [-0.3, -0.25) is 13.9 Å². The lowest BCUT2D eigenvalue weighted by atomic mass is 9.84. The highest BCUT2D eigenvalue weighted by Gasteiger charge is 2.36. The third kappa shape index (κ3) is 6.50. The summed E-state index contributed by atoms with van der Waals surface area (Å²) in [6.07, 6.45) is 3.25. The topological polar surface area (TPSA) is 135 Å². The molecule has 0 spiro atoms. The van der Waals surface area contributed by atoms with Crippen molar-refractivity contribution < 1.29 is 23.4 Å². The Morgan fingerprint density at radius 2 is 2.02 bits per heavy atom. The summed E-state index contributed by atoms with van der Waals surface area (Å²) in [5.41, 5.74) is 6.75. The highest BCUT2D eigenvalue weighted by atomic mass is 32.3. The molecule has 0 aliphatic carbocycles. The number of ether oxygens (including phenoxy) is 2. The molecule has 4 aromatic rings. The average molecular weight is 649 g/mol. The Kier molecular flexibility index (Phi) is 9.62. The van der Waals surface area contributed by atoms with Crippen molar-refractivity contribution in [2.24, 2.45) is 5.92 Å². The molecule has 46 heavy (non-hydrogen) atoms. The lowest BCUT2D eigenvalue weighted by Crippen LogP contribution is -2.34. The molecule has 0 saturated carbocycles. The molecule has 2 aromatic heterocycles. The van der Waals surface area contributed by atoms with Crippen LogP contribution in [-0.4, -0.2) is 71.7 Å². The summed E-state index contributed by atoms with van der Waals surface area (Å²) in [7, 11) is -3.37. The van der Waals surface area contributed by atoms with Crippen molar-refractivity contribution in [3.05, 3.63) is 76.5 Å². The molecule has 2 aliphatic heterocycles. The number of aromatic nitrogens is 4. The third-order valence-corrected chi connectivity index (χ3v) is 11.2.